The van der Waals surface area contributed by atoms with E-state index in [1.54, 1.807) is 6.33 Å². The third-order valence-electron chi connectivity index (χ3n) is 1.54. The number of hydrogen-bond acceptors (Lipinski definition) is 3. The van der Waals surface area contributed by atoms with Gasteiger partial charge in [0.05, 0.1) is 0 Å². The Morgan fingerprint density at radius 2 is 2.25 bits per heavy atom. The number of nitrogens with zero attached hydrogens (tertiary/aromatic N) is 4. The van der Waals surface area contributed by atoms with Gasteiger partial charge in [-0.15, -0.1) is 0 Å². The third-order valence-corrected chi connectivity index (χ3v) is 2.63. The summed E-state index contributed by atoms with van der Waals surface area (Å²) in [5.41, 5.74) is 1.48. The molecule has 0 radical (unpaired) electrons. The number of fused-ring (bicyclic) bond motifs is 1. The lowest BCUT2D eigenvalue weighted by Gasteiger charge is -1.97. The number of aromatic nitrogens is 4. The van der Waals surface area contributed by atoms with Crippen LogP contribution in [0, 0.1) is 0 Å². The molecule has 2 rings (SSSR count). The van der Waals surface area contributed by atoms with Crippen molar-refractivity contribution in [1.82, 2.24) is 19.3 Å². The van der Waals surface area contributed by atoms with Gasteiger partial charge in [-0.3, -0.25) is 0 Å². The number of rotatable bonds is 1. The number of hydrogen-bond donors (Lipinski definition) is 0. The van der Waals surface area contributed by atoms with Gasteiger partial charge in [-0.25, -0.2) is 15.0 Å². The maximum atomic E-state index is 5.87. The Morgan fingerprint density at radius 3 is 3.00 bits per heavy atom. The molecule has 1 unspecified atom stereocenters. The van der Waals surface area contributed by atoms with Gasteiger partial charge in [-0.2, -0.15) is 0 Å². The van der Waals surface area contributed by atoms with Gasteiger partial charge in [0.1, 0.15) is 18.2 Å². The minimum atomic E-state index is 0.465. The largest absolute Gasteiger partial charge is 0.308 e. The second-order valence-corrected chi connectivity index (χ2v) is 3.46. The van der Waals surface area contributed by atoms with Crippen LogP contribution in [0.5, 0.6) is 0 Å². The van der Waals surface area contributed by atoms with Crippen LogP contribution < -0.4 is 0 Å². The lowest BCUT2D eigenvalue weighted by Crippen LogP contribution is -1.85. The Balaban J connectivity index is 2.83. The Bertz CT molecular complexity index is 413. The summed E-state index contributed by atoms with van der Waals surface area (Å²) in [4.78, 5) is 12.0. The van der Waals surface area contributed by atoms with Crippen LogP contribution in [0.1, 0.15) is 0 Å². The molecule has 0 fully saturated rings. The van der Waals surface area contributed by atoms with Crippen LogP contribution in [0.15, 0.2) is 12.7 Å². The minimum Gasteiger partial charge on any atom is -0.308 e. The monoisotopic (exact) mass is 200 g/mol. The fraction of sp³-hybridized carbons (Fsp3) is 0.167. The molecule has 6 heteroatoms. The summed E-state index contributed by atoms with van der Waals surface area (Å²) in [6.07, 6.45) is 3.14. The van der Waals surface area contributed by atoms with Crippen molar-refractivity contribution in [3.05, 3.63) is 17.8 Å². The third kappa shape index (κ3) is 1.08. The van der Waals surface area contributed by atoms with Gasteiger partial charge in [0.25, 0.3) is 0 Å². The second-order valence-electron chi connectivity index (χ2n) is 2.17. The van der Waals surface area contributed by atoms with Gasteiger partial charge >= 0.3 is 0 Å². The van der Waals surface area contributed by atoms with E-state index in [-0.39, 0.29) is 0 Å². The van der Waals surface area contributed by atoms with Crippen molar-refractivity contribution in [3.63, 3.8) is 0 Å². The van der Waals surface area contributed by atoms with Crippen LogP contribution in [0.2, 0.25) is 5.15 Å². The molecule has 0 aromatic carbocycles. The van der Waals surface area contributed by atoms with Crippen LogP contribution in [0.25, 0.3) is 11.2 Å². The van der Waals surface area contributed by atoms with Crippen LogP contribution in [0.3, 0.4) is 0 Å². The van der Waals surface area contributed by atoms with Crippen LogP contribution in [-0.2, 0) is 0 Å². The van der Waals surface area contributed by atoms with Crippen LogP contribution >= 0.6 is 20.3 Å². The molecule has 1 atom stereocenters. The quantitative estimate of drug-likeness (QED) is 0.518. The maximum Gasteiger partial charge on any atom is 0.182 e. The molecule has 0 saturated carbocycles. The molecule has 0 N–H and O–H groups in total. The van der Waals surface area contributed by atoms with Crippen molar-refractivity contribution in [2.45, 2.75) is 0 Å². The summed E-state index contributed by atoms with van der Waals surface area (Å²) in [5.74, 6) is 0. The molecule has 0 bridgehead atoms. The summed E-state index contributed by atoms with van der Waals surface area (Å²) in [7, 11) is 0.594. The molecule has 62 valence electrons. The Kier molecular flexibility index (Phi) is 1.95. The van der Waals surface area contributed by atoms with E-state index in [4.69, 9.17) is 11.6 Å². The SMILES string of the molecule is CPn1cnc2ncnc(Cl)c21. The molecule has 0 aliphatic heterocycles. The zero-order valence-corrected chi connectivity index (χ0v) is 8.08. The lowest BCUT2D eigenvalue weighted by molar-refractivity contribution is 1.20. The van der Waals surface area contributed by atoms with Crippen molar-refractivity contribution in [1.29, 1.82) is 0 Å². The van der Waals surface area contributed by atoms with E-state index in [9.17, 15) is 0 Å². The highest BCUT2D eigenvalue weighted by Gasteiger charge is 2.06. The highest BCUT2D eigenvalue weighted by Crippen LogP contribution is 2.23. The molecule has 2 heterocycles. The van der Waals surface area contributed by atoms with Crippen molar-refractivity contribution in [2.24, 2.45) is 0 Å². The maximum absolute atomic E-state index is 5.87. The van der Waals surface area contributed by atoms with E-state index < -0.39 is 0 Å². The highest BCUT2D eigenvalue weighted by atomic mass is 35.5. The fourth-order valence-electron chi connectivity index (χ4n) is 0.990. The first-order valence-electron chi connectivity index (χ1n) is 3.34. The number of imidazole rings is 1. The fourth-order valence-corrected chi connectivity index (χ4v) is 1.88. The first kappa shape index (κ1) is 7.90. The summed E-state index contributed by atoms with van der Waals surface area (Å²) in [5, 5.41) is 0.465. The molecular formula is C6H6ClN4P. The van der Waals surface area contributed by atoms with Crippen molar-refractivity contribution < 1.29 is 0 Å². The lowest BCUT2D eigenvalue weighted by atomic mass is 10.6. The van der Waals surface area contributed by atoms with E-state index in [1.807, 2.05) is 11.0 Å². The Morgan fingerprint density at radius 1 is 1.42 bits per heavy atom. The Hall–Kier alpha value is -0.730. The predicted octanol–water partition coefficient (Wildman–Crippen LogP) is 1.55. The minimum absolute atomic E-state index is 0.465. The van der Waals surface area contributed by atoms with Gasteiger partial charge in [-0.05, 0) is 15.4 Å². The van der Waals surface area contributed by atoms with E-state index in [2.05, 4.69) is 15.0 Å². The molecule has 0 spiro atoms. The summed E-state index contributed by atoms with van der Waals surface area (Å²) in [6, 6.07) is 0. The van der Waals surface area contributed by atoms with Gasteiger partial charge in [-0.1, -0.05) is 11.6 Å². The summed E-state index contributed by atoms with van der Waals surface area (Å²) in [6.45, 7) is 2.05. The molecule has 0 aliphatic rings. The van der Waals surface area contributed by atoms with Gasteiger partial charge in [0.2, 0.25) is 0 Å². The van der Waals surface area contributed by atoms with Gasteiger partial charge < -0.3 is 4.34 Å². The molecule has 0 saturated heterocycles. The molecule has 0 aliphatic carbocycles. The molecule has 2 aromatic heterocycles. The molecular weight excluding hydrogens is 195 g/mol. The zero-order valence-electron chi connectivity index (χ0n) is 6.32. The highest BCUT2D eigenvalue weighted by molar-refractivity contribution is 7.35. The zero-order chi connectivity index (χ0) is 8.55. The standard InChI is InChI=1S/C6H6ClN4P/c1-12-11-3-10-6-4(11)5(7)8-2-9-6/h2-3,12H,1H3. The molecule has 12 heavy (non-hydrogen) atoms. The van der Waals surface area contributed by atoms with Crippen molar-refractivity contribution in [2.75, 3.05) is 6.66 Å². The van der Waals surface area contributed by atoms with E-state index in [1.165, 1.54) is 6.33 Å². The number of halogens is 1. The van der Waals surface area contributed by atoms with Crippen LogP contribution in [-0.4, -0.2) is 26.0 Å². The van der Waals surface area contributed by atoms with Crippen molar-refractivity contribution in [3.8, 4) is 0 Å². The van der Waals surface area contributed by atoms with E-state index in [0.29, 0.717) is 19.5 Å². The van der Waals surface area contributed by atoms with Gasteiger partial charge in [0, 0.05) is 0 Å². The first-order valence-corrected chi connectivity index (χ1v) is 5.16. The van der Waals surface area contributed by atoms with E-state index in [0.717, 1.165) is 5.52 Å². The summed E-state index contributed by atoms with van der Waals surface area (Å²) >= 11 is 5.87. The normalized spacial score (nSPS) is 11.8. The molecule has 2 aromatic rings. The topological polar surface area (TPSA) is 43.6 Å². The van der Waals surface area contributed by atoms with Gasteiger partial charge in [0.15, 0.2) is 10.8 Å². The van der Waals surface area contributed by atoms with Crippen molar-refractivity contribution >= 4 is 31.5 Å². The first-order chi connectivity index (χ1) is 5.83. The second kappa shape index (κ2) is 2.96. The van der Waals surface area contributed by atoms with Crippen LogP contribution in [0.4, 0.5) is 0 Å². The average molecular weight is 201 g/mol. The smallest absolute Gasteiger partial charge is 0.182 e. The van der Waals surface area contributed by atoms with E-state index >= 15 is 0 Å². The molecule has 0 amide bonds. The molecule has 4 nitrogen and oxygen atoms in total. The Labute approximate surface area is 75.8 Å². The average Bonchev–Trinajstić information content (AvgIpc) is 2.49. The predicted molar refractivity (Wildman–Crippen MR) is 50.0 cm³/mol. The summed E-state index contributed by atoms with van der Waals surface area (Å²) < 4.78 is 1.94.